The van der Waals surface area contributed by atoms with Crippen molar-refractivity contribution in [2.24, 2.45) is 0 Å². The maximum atomic E-state index is 12.6. The highest BCUT2D eigenvalue weighted by Crippen LogP contribution is 2.25. The van der Waals surface area contributed by atoms with Gasteiger partial charge in [-0.1, -0.05) is 13.8 Å². The third-order valence-corrected chi connectivity index (χ3v) is 5.51. The molecule has 1 aromatic rings. The third-order valence-electron chi connectivity index (χ3n) is 3.46. The molecule has 0 bridgehead atoms. The Bertz CT molecular complexity index is 713. The molecule has 0 saturated heterocycles. The number of hydrogen-bond acceptors (Lipinski definition) is 5. The fraction of sp³-hybridized carbons (Fsp3) is 0.467. The number of carboxylic acids is 1. The van der Waals surface area contributed by atoms with Gasteiger partial charge in [0.1, 0.15) is 12.3 Å². The van der Waals surface area contributed by atoms with Crippen molar-refractivity contribution in [2.75, 3.05) is 33.8 Å². The maximum absolute atomic E-state index is 12.6. The second-order valence-electron chi connectivity index (χ2n) is 5.01. The number of aliphatic carboxylic acids is 1. The van der Waals surface area contributed by atoms with E-state index in [9.17, 15) is 18.0 Å². The second kappa shape index (κ2) is 8.11. The molecule has 0 aliphatic heterocycles. The van der Waals surface area contributed by atoms with E-state index in [0.717, 1.165) is 4.90 Å². The number of sulfonamides is 1. The molecular weight excluding hydrogens is 336 g/mol. The minimum Gasteiger partial charge on any atom is -0.496 e. The number of carboxylic acid groups (broad SMARTS) is 1. The summed E-state index contributed by atoms with van der Waals surface area (Å²) in [6.45, 7) is 3.53. The standard InChI is InChI=1S/C15H22N2O6S/c1-5-17(6-2)24(21,22)11-7-8-13(23-4)12(9-11)15(20)16(3)10-14(18)19/h7-9H,5-6,10H2,1-4H3,(H,18,19). The first-order valence-corrected chi connectivity index (χ1v) is 8.78. The van der Waals surface area contributed by atoms with Gasteiger partial charge >= 0.3 is 5.97 Å². The molecule has 0 atom stereocenters. The zero-order chi connectivity index (χ0) is 18.5. The molecule has 0 aliphatic rings. The SMILES string of the molecule is CCN(CC)S(=O)(=O)c1ccc(OC)c(C(=O)N(C)CC(=O)O)c1. The highest BCUT2D eigenvalue weighted by Gasteiger charge is 2.25. The van der Waals surface area contributed by atoms with Crippen LogP contribution in [0.25, 0.3) is 0 Å². The summed E-state index contributed by atoms with van der Waals surface area (Å²) >= 11 is 0. The molecule has 0 aliphatic carbocycles. The topological polar surface area (TPSA) is 104 Å². The van der Waals surface area contributed by atoms with E-state index in [1.54, 1.807) is 13.8 Å². The van der Waals surface area contributed by atoms with E-state index < -0.39 is 28.4 Å². The summed E-state index contributed by atoms with van der Waals surface area (Å²) in [5, 5.41) is 8.80. The van der Waals surface area contributed by atoms with Crippen LogP contribution in [0.1, 0.15) is 24.2 Å². The van der Waals surface area contributed by atoms with Crippen molar-refractivity contribution in [3.8, 4) is 5.75 Å². The molecule has 8 nitrogen and oxygen atoms in total. The molecule has 0 saturated carbocycles. The fourth-order valence-electron chi connectivity index (χ4n) is 2.21. The second-order valence-corrected chi connectivity index (χ2v) is 6.94. The molecule has 1 aromatic carbocycles. The molecule has 134 valence electrons. The van der Waals surface area contributed by atoms with Crippen molar-refractivity contribution in [2.45, 2.75) is 18.7 Å². The van der Waals surface area contributed by atoms with E-state index in [4.69, 9.17) is 9.84 Å². The molecule has 1 rings (SSSR count). The first kappa shape index (κ1) is 19.9. The van der Waals surface area contributed by atoms with Crippen molar-refractivity contribution in [3.63, 3.8) is 0 Å². The molecule has 24 heavy (non-hydrogen) atoms. The number of nitrogens with zero attached hydrogens (tertiary/aromatic N) is 2. The molecule has 0 heterocycles. The number of rotatable bonds is 8. The minimum absolute atomic E-state index is 0.00511. The van der Waals surface area contributed by atoms with Crippen molar-refractivity contribution in [3.05, 3.63) is 23.8 Å². The average Bonchev–Trinajstić information content (AvgIpc) is 2.53. The zero-order valence-corrected chi connectivity index (χ0v) is 15.0. The van der Waals surface area contributed by atoms with Gasteiger partial charge in [0.25, 0.3) is 5.91 Å². The van der Waals surface area contributed by atoms with Gasteiger partial charge in [0, 0.05) is 20.1 Å². The smallest absolute Gasteiger partial charge is 0.323 e. The number of amides is 1. The molecule has 0 radical (unpaired) electrons. The Morgan fingerprint density at radius 3 is 2.25 bits per heavy atom. The summed E-state index contributed by atoms with van der Waals surface area (Å²) in [6, 6.07) is 3.96. The van der Waals surface area contributed by atoms with Gasteiger partial charge < -0.3 is 14.7 Å². The van der Waals surface area contributed by atoms with Crippen molar-refractivity contribution in [1.29, 1.82) is 0 Å². The summed E-state index contributed by atoms with van der Waals surface area (Å²) in [5.74, 6) is -1.63. The first-order valence-electron chi connectivity index (χ1n) is 7.34. The lowest BCUT2D eigenvalue weighted by atomic mass is 10.1. The van der Waals surface area contributed by atoms with Crippen LogP contribution in [0, 0.1) is 0 Å². The van der Waals surface area contributed by atoms with Crippen molar-refractivity contribution >= 4 is 21.9 Å². The molecular formula is C15H22N2O6S. The van der Waals surface area contributed by atoms with Crippen LogP contribution in [0.5, 0.6) is 5.75 Å². The molecule has 1 amide bonds. The van der Waals surface area contributed by atoms with Crippen molar-refractivity contribution < 1.29 is 27.9 Å². The fourth-order valence-corrected chi connectivity index (χ4v) is 3.69. The van der Waals surface area contributed by atoms with Gasteiger partial charge in [-0.25, -0.2) is 8.42 Å². The van der Waals surface area contributed by atoms with Crippen LogP contribution in [-0.4, -0.2) is 68.4 Å². The molecule has 0 fully saturated rings. The number of likely N-dealkylation sites (N-methyl/N-ethyl adjacent to an activating group) is 1. The number of carbonyl (C=O) groups excluding carboxylic acids is 1. The van der Waals surface area contributed by atoms with Gasteiger partial charge in [-0.05, 0) is 18.2 Å². The van der Waals surface area contributed by atoms with Crippen molar-refractivity contribution in [1.82, 2.24) is 9.21 Å². The van der Waals surface area contributed by atoms with Crippen LogP contribution in [0.4, 0.5) is 0 Å². The Kier molecular flexibility index (Phi) is 6.73. The van der Waals surface area contributed by atoms with Crippen LogP contribution in [0.3, 0.4) is 0 Å². The zero-order valence-electron chi connectivity index (χ0n) is 14.1. The summed E-state index contributed by atoms with van der Waals surface area (Å²) in [6.07, 6.45) is 0. The number of methoxy groups -OCH3 is 1. The Morgan fingerprint density at radius 1 is 1.21 bits per heavy atom. The summed E-state index contributed by atoms with van der Waals surface area (Å²) < 4.78 is 31.5. The van der Waals surface area contributed by atoms with Crippen LogP contribution >= 0.6 is 0 Å². The third kappa shape index (κ3) is 4.24. The number of hydrogen-bond donors (Lipinski definition) is 1. The molecule has 0 aromatic heterocycles. The molecule has 0 spiro atoms. The average molecular weight is 358 g/mol. The summed E-state index contributed by atoms with van der Waals surface area (Å²) in [4.78, 5) is 24.1. The Balaban J connectivity index is 3.36. The van der Waals surface area contributed by atoms with E-state index in [0.29, 0.717) is 13.1 Å². The lowest BCUT2D eigenvalue weighted by molar-refractivity contribution is -0.137. The van der Waals surface area contributed by atoms with E-state index in [1.807, 2.05) is 0 Å². The number of carbonyl (C=O) groups is 2. The predicted octanol–water partition coefficient (Wildman–Crippen LogP) is 0.882. The number of ether oxygens (including phenoxy) is 1. The lowest BCUT2D eigenvalue weighted by Gasteiger charge is -2.20. The minimum atomic E-state index is -3.74. The maximum Gasteiger partial charge on any atom is 0.323 e. The monoisotopic (exact) mass is 358 g/mol. The van der Waals surface area contributed by atoms with Gasteiger partial charge in [0.05, 0.1) is 17.6 Å². The van der Waals surface area contributed by atoms with Gasteiger partial charge in [-0.2, -0.15) is 4.31 Å². The highest BCUT2D eigenvalue weighted by molar-refractivity contribution is 7.89. The van der Waals surface area contributed by atoms with Gasteiger partial charge in [0.15, 0.2) is 0 Å². The van der Waals surface area contributed by atoms with Gasteiger partial charge in [-0.3, -0.25) is 9.59 Å². The van der Waals surface area contributed by atoms with E-state index >= 15 is 0 Å². The Hall–Kier alpha value is -2.13. The Labute approximate surface area is 141 Å². The molecule has 1 N–H and O–H groups in total. The first-order chi connectivity index (χ1) is 11.2. The van der Waals surface area contributed by atoms with E-state index in [1.165, 1.54) is 36.7 Å². The summed E-state index contributed by atoms with van der Waals surface area (Å²) in [5.41, 5.74) is -0.00511. The number of benzene rings is 1. The predicted molar refractivity (Wildman–Crippen MR) is 87.7 cm³/mol. The van der Waals surface area contributed by atoms with Crippen LogP contribution in [0.2, 0.25) is 0 Å². The van der Waals surface area contributed by atoms with Crippen LogP contribution in [-0.2, 0) is 14.8 Å². The summed E-state index contributed by atoms with van der Waals surface area (Å²) in [7, 11) is -1.07. The molecule has 9 heteroatoms. The van der Waals surface area contributed by atoms with E-state index in [-0.39, 0.29) is 16.2 Å². The van der Waals surface area contributed by atoms with Gasteiger partial charge in [-0.15, -0.1) is 0 Å². The lowest BCUT2D eigenvalue weighted by Crippen LogP contribution is -2.33. The van der Waals surface area contributed by atoms with Gasteiger partial charge in [0.2, 0.25) is 10.0 Å². The quantitative estimate of drug-likeness (QED) is 0.740. The van der Waals surface area contributed by atoms with E-state index in [2.05, 4.69) is 0 Å². The normalized spacial score (nSPS) is 11.4. The van der Waals surface area contributed by atoms with Crippen LogP contribution in [0.15, 0.2) is 23.1 Å². The van der Waals surface area contributed by atoms with Crippen LogP contribution < -0.4 is 4.74 Å². The highest BCUT2D eigenvalue weighted by atomic mass is 32.2. The Morgan fingerprint density at radius 2 is 1.79 bits per heavy atom. The largest absolute Gasteiger partial charge is 0.496 e. The molecule has 0 unspecified atom stereocenters.